The van der Waals surface area contributed by atoms with Crippen molar-refractivity contribution in [2.24, 2.45) is 4.99 Å². The second-order valence-electron chi connectivity index (χ2n) is 1.56. The molecule has 10 heavy (non-hydrogen) atoms. The van der Waals surface area contributed by atoms with Crippen LogP contribution in [-0.4, -0.2) is 16.3 Å². The van der Waals surface area contributed by atoms with Gasteiger partial charge < -0.3 is 0 Å². The molecule has 1 rings (SSSR count). The highest BCUT2D eigenvalue weighted by molar-refractivity contribution is 6.45. The van der Waals surface area contributed by atoms with E-state index in [2.05, 4.69) is 4.99 Å². The largest absolute Gasteiger partial charge is 0.252 e. The Balaban J connectivity index is 2.88. The molecule has 56 valence electrons. The van der Waals surface area contributed by atoms with Gasteiger partial charge in [-0.15, -0.1) is 0 Å². The van der Waals surface area contributed by atoms with Crippen molar-refractivity contribution < 1.29 is 0 Å². The quantitative estimate of drug-likeness (QED) is 0.348. The molecule has 1 aliphatic heterocycles. The molecule has 0 saturated carbocycles. The smallest absolute Gasteiger partial charge is 0.159 e. The van der Waals surface area contributed by atoms with Gasteiger partial charge in [0.15, 0.2) is 5.50 Å². The highest BCUT2D eigenvalue weighted by Crippen LogP contribution is 2.28. The van der Waals surface area contributed by atoms with Gasteiger partial charge in [-0.2, -0.15) is 0 Å². The van der Waals surface area contributed by atoms with Crippen LogP contribution in [0.5, 0.6) is 0 Å². The zero-order valence-corrected chi connectivity index (χ0v) is 7.58. The second kappa shape index (κ2) is 3.18. The molecule has 6 heteroatoms. The lowest BCUT2D eigenvalue weighted by molar-refractivity contribution is 0.680. The Hall–Kier alpha value is 0.370. The molecule has 0 saturated heterocycles. The number of nitrogens with zero attached hydrogens (tertiary/aromatic N) is 2. The van der Waals surface area contributed by atoms with Gasteiger partial charge in [-0.1, -0.05) is 34.8 Å². The second-order valence-corrected chi connectivity index (χ2v) is 3.13. The molecule has 0 fully saturated rings. The molecule has 0 aliphatic carbocycles. The highest BCUT2D eigenvalue weighted by Gasteiger charge is 2.21. The molecule has 0 amide bonds. The predicted molar refractivity (Wildman–Crippen MR) is 44.6 cm³/mol. The van der Waals surface area contributed by atoms with Crippen molar-refractivity contribution in [1.29, 1.82) is 0 Å². The molecule has 1 heterocycles. The minimum atomic E-state index is -0.617. The van der Waals surface area contributed by atoms with Crippen molar-refractivity contribution >= 4 is 52.9 Å². The summed E-state index contributed by atoms with van der Waals surface area (Å²) in [5.41, 5.74) is -0.617. The summed E-state index contributed by atoms with van der Waals surface area (Å²) in [4.78, 5) is 3.64. The molecule has 0 bridgehead atoms. The standard InChI is InChI=1S/C4H2Cl4N2/c5-2-3(6)9-1-10(8)4(2)7/h1,4H. The van der Waals surface area contributed by atoms with E-state index in [9.17, 15) is 0 Å². The third-order valence-corrected chi connectivity index (χ3v) is 2.61. The van der Waals surface area contributed by atoms with Gasteiger partial charge in [0.05, 0.1) is 5.03 Å². The van der Waals surface area contributed by atoms with Gasteiger partial charge in [0.1, 0.15) is 11.5 Å². The Kier molecular flexibility index (Phi) is 2.69. The van der Waals surface area contributed by atoms with Gasteiger partial charge in [0.2, 0.25) is 0 Å². The van der Waals surface area contributed by atoms with Crippen molar-refractivity contribution in [2.75, 3.05) is 0 Å². The van der Waals surface area contributed by atoms with Crippen LogP contribution in [0.1, 0.15) is 0 Å². The summed E-state index contributed by atoms with van der Waals surface area (Å²) in [5, 5.41) is 0.416. The summed E-state index contributed by atoms with van der Waals surface area (Å²) in [6, 6.07) is 0. The normalized spacial score (nSPS) is 26.0. The molecule has 0 radical (unpaired) electrons. The maximum atomic E-state index is 5.64. The number of hydrogen-bond donors (Lipinski definition) is 0. The van der Waals surface area contributed by atoms with E-state index in [0.29, 0.717) is 0 Å². The van der Waals surface area contributed by atoms with E-state index in [0.717, 1.165) is 4.42 Å². The minimum absolute atomic E-state index is 0.179. The maximum absolute atomic E-state index is 5.64. The molecular weight excluding hydrogens is 218 g/mol. The van der Waals surface area contributed by atoms with Gasteiger partial charge in [0, 0.05) is 11.8 Å². The van der Waals surface area contributed by atoms with Gasteiger partial charge in [-0.25, -0.2) is 4.99 Å². The van der Waals surface area contributed by atoms with E-state index < -0.39 is 5.50 Å². The number of halogens is 4. The van der Waals surface area contributed by atoms with Crippen LogP contribution in [0.4, 0.5) is 0 Å². The number of aliphatic imine (C=N–C) groups is 1. The average molecular weight is 220 g/mol. The Morgan fingerprint density at radius 3 is 2.60 bits per heavy atom. The Morgan fingerprint density at radius 1 is 1.50 bits per heavy atom. The molecule has 0 N–H and O–H groups in total. The zero-order valence-electron chi connectivity index (χ0n) is 4.56. The maximum Gasteiger partial charge on any atom is 0.159 e. The lowest BCUT2D eigenvalue weighted by Crippen LogP contribution is -2.23. The van der Waals surface area contributed by atoms with E-state index in [1.807, 2.05) is 0 Å². The first-order chi connectivity index (χ1) is 4.63. The Labute approximate surface area is 78.1 Å². The van der Waals surface area contributed by atoms with Crippen LogP contribution >= 0.6 is 46.6 Å². The van der Waals surface area contributed by atoms with Crippen LogP contribution < -0.4 is 0 Å². The van der Waals surface area contributed by atoms with Crippen LogP contribution in [0.2, 0.25) is 0 Å². The first-order valence-corrected chi connectivity index (χ1v) is 3.83. The van der Waals surface area contributed by atoms with Gasteiger partial charge >= 0.3 is 0 Å². The number of rotatable bonds is 0. The lowest BCUT2D eigenvalue weighted by atomic mass is 10.5. The minimum Gasteiger partial charge on any atom is -0.252 e. The molecule has 1 aliphatic rings. The molecule has 0 aromatic heterocycles. The van der Waals surface area contributed by atoms with Gasteiger partial charge in [-0.3, -0.25) is 4.42 Å². The molecule has 1 atom stereocenters. The first-order valence-electron chi connectivity index (χ1n) is 2.30. The fourth-order valence-electron chi connectivity index (χ4n) is 0.433. The molecule has 0 aromatic carbocycles. The van der Waals surface area contributed by atoms with Gasteiger partial charge in [0.25, 0.3) is 0 Å². The van der Waals surface area contributed by atoms with Crippen LogP contribution in [0, 0.1) is 0 Å². The van der Waals surface area contributed by atoms with E-state index in [1.54, 1.807) is 0 Å². The summed E-state index contributed by atoms with van der Waals surface area (Å²) in [6.07, 6.45) is 1.30. The predicted octanol–water partition coefficient (Wildman–Crippen LogP) is 2.70. The average Bonchev–Trinajstić information content (AvgIpc) is 1.93. The topological polar surface area (TPSA) is 15.6 Å². The molecule has 0 aromatic rings. The zero-order chi connectivity index (χ0) is 7.72. The summed E-state index contributed by atoms with van der Waals surface area (Å²) in [5.74, 6) is 0. The monoisotopic (exact) mass is 218 g/mol. The number of hydrogen-bond acceptors (Lipinski definition) is 2. The van der Waals surface area contributed by atoms with E-state index in [1.165, 1.54) is 6.34 Å². The Morgan fingerprint density at radius 2 is 2.10 bits per heavy atom. The fourth-order valence-corrected chi connectivity index (χ4v) is 1.13. The van der Waals surface area contributed by atoms with E-state index in [4.69, 9.17) is 46.6 Å². The van der Waals surface area contributed by atoms with E-state index >= 15 is 0 Å². The summed E-state index contributed by atoms with van der Waals surface area (Å²) >= 11 is 22.2. The van der Waals surface area contributed by atoms with Gasteiger partial charge in [-0.05, 0) is 0 Å². The van der Waals surface area contributed by atoms with Crippen LogP contribution in [0.15, 0.2) is 15.2 Å². The third kappa shape index (κ3) is 1.51. The van der Waals surface area contributed by atoms with Crippen LogP contribution in [-0.2, 0) is 0 Å². The molecule has 2 nitrogen and oxygen atoms in total. The lowest BCUT2D eigenvalue weighted by Gasteiger charge is -2.19. The molecule has 1 unspecified atom stereocenters. The highest BCUT2D eigenvalue weighted by atomic mass is 35.5. The van der Waals surface area contributed by atoms with Crippen molar-refractivity contribution in [2.45, 2.75) is 5.50 Å². The Bertz CT molecular complexity index is 199. The number of alkyl halides is 1. The van der Waals surface area contributed by atoms with Crippen molar-refractivity contribution in [3.05, 3.63) is 10.2 Å². The fraction of sp³-hybridized carbons (Fsp3) is 0.250. The first kappa shape index (κ1) is 8.47. The van der Waals surface area contributed by atoms with Crippen molar-refractivity contribution in [3.8, 4) is 0 Å². The molecular formula is C4H2Cl4N2. The van der Waals surface area contributed by atoms with Crippen LogP contribution in [0.3, 0.4) is 0 Å². The van der Waals surface area contributed by atoms with Crippen molar-refractivity contribution in [1.82, 2.24) is 4.42 Å². The summed E-state index contributed by atoms with van der Waals surface area (Å²) < 4.78 is 1.13. The summed E-state index contributed by atoms with van der Waals surface area (Å²) in [6.45, 7) is 0. The van der Waals surface area contributed by atoms with E-state index in [-0.39, 0.29) is 10.2 Å². The van der Waals surface area contributed by atoms with Crippen LogP contribution in [0.25, 0.3) is 0 Å². The SMILES string of the molecule is ClC1=C(Cl)C(Cl)N(Cl)C=N1. The third-order valence-electron chi connectivity index (χ3n) is 0.904. The summed E-state index contributed by atoms with van der Waals surface area (Å²) in [7, 11) is 0. The van der Waals surface area contributed by atoms with Crippen molar-refractivity contribution in [3.63, 3.8) is 0 Å². The molecule has 0 spiro atoms.